The second-order valence-corrected chi connectivity index (χ2v) is 8.52. The van der Waals surface area contributed by atoms with E-state index < -0.39 is 0 Å². The molecule has 2 rings (SSSR count). The van der Waals surface area contributed by atoms with Crippen molar-refractivity contribution in [3.63, 3.8) is 0 Å². The van der Waals surface area contributed by atoms with Crippen LogP contribution in [0.4, 0.5) is 10.1 Å². The molecule has 4 heteroatoms. The first-order valence-corrected chi connectivity index (χ1v) is 10.3. The lowest BCUT2D eigenvalue weighted by Crippen LogP contribution is -2.27. The molecule has 1 amide bonds. The Balaban J connectivity index is 1.99. The molecule has 1 aromatic rings. The summed E-state index contributed by atoms with van der Waals surface area (Å²) in [6.45, 7) is 10.3. The molecule has 0 aliphatic heterocycles. The minimum Gasteiger partial charge on any atom is -0.389 e. The second kappa shape index (κ2) is 10.4. The molecule has 0 aromatic heterocycles. The van der Waals surface area contributed by atoms with Gasteiger partial charge in [0, 0.05) is 11.8 Å². The molecule has 0 radical (unpaired) electrons. The van der Waals surface area contributed by atoms with Gasteiger partial charge in [-0.3, -0.25) is 4.79 Å². The fourth-order valence-electron chi connectivity index (χ4n) is 3.51. The van der Waals surface area contributed by atoms with Crippen LogP contribution in [0.25, 0.3) is 0 Å². The summed E-state index contributed by atoms with van der Waals surface area (Å²) in [5.74, 6) is -0.599. The maximum Gasteiger partial charge on any atom is 0.248 e. The summed E-state index contributed by atoms with van der Waals surface area (Å²) in [7, 11) is 0. The standard InChI is InChI=1S/C26H32FNO2/c1-18(9-14-23-20(3)24(29)15-16-26(23,4)5)7-6-8-19(2)17-25(30)28-22-12-10-21(27)11-13-22/h6-14,17,24,29H,15-16H2,1-5H3,(H,28,30)/b8-6+,14-9+,18-7+,19-17+. The van der Waals surface area contributed by atoms with Crippen LogP contribution in [0.2, 0.25) is 0 Å². The maximum absolute atomic E-state index is 12.9. The van der Waals surface area contributed by atoms with Gasteiger partial charge in [0.15, 0.2) is 0 Å². The minimum absolute atomic E-state index is 0.0626. The third-order valence-corrected chi connectivity index (χ3v) is 5.40. The van der Waals surface area contributed by atoms with Gasteiger partial charge in [-0.25, -0.2) is 4.39 Å². The van der Waals surface area contributed by atoms with Gasteiger partial charge in [-0.15, -0.1) is 0 Å². The summed E-state index contributed by atoms with van der Waals surface area (Å²) in [6.07, 6.45) is 12.8. The first kappa shape index (κ1) is 23.6. The van der Waals surface area contributed by atoms with Crippen LogP contribution >= 0.6 is 0 Å². The normalized spacial score (nSPS) is 20.3. The first-order valence-electron chi connectivity index (χ1n) is 10.3. The summed E-state index contributed by atoms with van der Waals surface area (Å²) in [5.41, 5.74) is 4.75. The molecule has 0 fully saturated rings. The molecule has 160 valence electrons. The Morgan fingerprint density at radius 3 is 2.50 bits per heavy atom. The number of anilines is 1. The van der Waals surface area contributed by atoms with Crippen LogP contribution in [0.3, 0.4) is 0 Å². The fourth-order valence-corrected chi connectivity index (χ4v) is 3.51. The monoisotopic (exact) mass is 409 g/mol. The summed E-state index contributed by atoms with van der Waals surface area (Å²) >= 11 is 0. The van der Waals surface area contributed by atoms with Gasteiger partial charge in [-0.2, -0.15) is 0 Å². The van der Waals surface area contributed by atoms with Gasteiger partial charge in [0.1, 0.15) is 5.82 Å². The van der Waals surface area contributed by atoms with E-state index in [0.717, 1.165) is 29.6 Å². The number of aliphatic hydroxyl groups excluding tert-OH is 1. The second-order valence-electron chi connectivity index (χ2n) is 8.52. The molecule has 0 heterocycles. The van der Waals surface area contributed by atoms with E-state index in [-0.39, 0.29) is 23.2 Å². The molecule has 1 aromatic carbocycles. The highest BCUT2D eigenvalue weighted by Crippen LogP contribution is 2.41. The van der Waals surface area contributed by atoms with Crippen molar-refractivity contribution in [1.29, 1.82) is 0 Å². The van der Waals surface area contributed by atoms with E-state index in [0.29, 0.717) is 5.69 Å². The van der Waals surface area contributed by atoms with Crippen LogP contribution in [-0.4, -0.2) is 17.1 Å². The Morgan fingerprint density at radius 2 is 1.83 bits per heavy atom. The van der Waals surface area contributed by atoms with Gasteiger partial charge in [0.05, 0.1) is 6.10 Å². The predicted molar refractivity (Wildman–Crippen MR) is 123 cm³/mol. The van der Waals surface area contributed by atoms with Gasteiger partial charge in [-0.1, -0.05) is 49.8 Å². The number of halogens is 1. The van der Waals surface area contributed by atoms with Crippen molar-refractivity contribution in [2.75, 3.05) is 5.32 Å². The Kier molecular flexibility index (Phi) is 8.13. The number of benzene rings is 1. The predicted octanol–water partition coefficient (Wildman–Crippen LogP) is 6.27. The lowest BCUT2D eigenvalue weighted by atomic mass is 9.71. The van der Waals surface area contributed by atoms with E-state index in [9.17, 15) is 14.3 Å². The zero-order valence-electron chi connectivity index (χ0n) is 18.5. The van der Waals surface area contributed by atoms with Crippen molar-refractivity contribution >= 4 is 11.6 Å². The molecular weight excluding hydrogens is 377 g/mol. The molecule has 1 aliphatic carbocycles. The van der Waals surface area contributed by atoms with E-state index in [1.54, 1.807) is 0 Å². The van der Waals surface area contributed by atoms with E-state index in [4.69, 9.17) is 0 Å². The van der Waals surface area contributed by atoms with Crippen LogP contribution in [0.5, 0.6) is 0 Å². The highest BCUT2D eigenvalue weighted by Gasteiger charge is 2.30. The third kappa shape index (κ3) is 6.96. The number of carbonyl (C=O) groups excluding carboxylic acids is 1. The fraction of sp³-hybridized carbons (Fsp3) is 0.346. The summed E-state index contributed by atoms with van der Waals surface area (Å²) in [4.78, 5) is 12.0. The molecule has 0 spiro atoms. The number of carbonyl (C=O) groups is 1. The van der Waals surface area contributed by atoms with Crippen LogP contribution in [0, 0.1) is 11.2 Å². The van der Waals surface area contributed by atoms with E-state index in [1.165, 1.54) is 35.9 Å². The lowest BCUT2D eigenvalue weighted by molar-refractivity contribution is -0.111. The average molecular weight is 410 g/mol. The maximum atomic E-state index is 12.9. The van der Waals surface area contributed by atoms with Crippen molar-refractivity contribution < 1.29 is 14.3 Å². The van der Waals surface area contributed by atoms with Crippen molar-refractivity contribution in [1.82, 2.24) is 0 Å². The highest BCUT2D eigenvalue weighted by atomic mass is 19.1. The Labute approximate surface area is 179 Å². The van der Waals surface area contributed by atoms with Crippen molar-refractivity contribution in [2.24, 2.45) is 5.41 Å². The summed E-state index contributed by atoms with van der Waals surface area (Å²) < 4.78 is 12.9. The highest BCUT2D eigenvalue weighted by molar-refractivity contribution is 5.99. The average Bonchev–Trinajstić information content (AvgIpc) is 2.66. The first-order chi connectivity index (χ1) is 14.1. The van der Waals surface area contributed by atoms with Gasteiger partial charge in [0.2, 0.25) is 5.91 Å². The zero-order chi connectivity index (χ0) is 22.3. The molecule has 0 saturated heterocycles. The Bertz CT molecular complexity index is 915. The Hall–Kier alpha value is -2.72. The summed E-state index contributed by atoms with van der Waals surface area (Å²) in [5, 5.41) is 12.9. The van der Waals surface area contributed by atoms with Gasteiger partial charge >= 0.3 is 0 Å². The van der Waals surface area contributed by atoms with Crippen molar-refractivity contribution in [3.05, 3.63) is 88.8 Å². The number of allylic oxidation sites excluding steroid dienone is 8. The van der Waals surface area contributed by atoms with Crippen LogP contribution in [0.15, 0.2) is 83.0 Å². The number of hydrogen-bond donors (Lipinski definition) is 2. The lowest BCUT2D eigenvalue weighted by Gasteiger charge is -2.35. The number of hydrogen-bond acceptors (Lipinski definition) is 2. The Morgan fingerprint density at radius 1 is 1.17 bits per heavy atom. The third-order valence-electron chi connectivity index (χ3n) is 5.40. The van der Waals surface area contributed by atoms with Crippen molar-refractivity contribution in [3.8, 4) is 0 Å². The van der Waals surface area contributed by atoms with Gasteiger partial charge in [0.25, 0.3) is 0 Å². The minimum atomic E-state index is -0.351. The SMILES string of the molecule is CC1=C(/C=C/C(C)=C/C=C/C(C)=C/C(=O)Nc2ccc(F)cc2)C(C)(C)CCC1O. The molecule has 1 unspecified atom stereocenters. The summed E-state index contributed by atoms with van der Waals surface area (Å²) in [6, 6.07) is 5.66. The van der Waals surface area contributed by atoms with E-state index in [1.807, 2.05) is 39.0 Å². The number of rotatable bonds is 6. The smallest absolute Gasteiger partial charge is 0.248 e. The number of nitrogens with one attached hydrogen (secondary N) is 1. The molecule has 2 N–H and O–H groups in total. The van der Waals surface area contributed by atoms with E-state index in [2.05, 4.69) is 31.3 Å². The van der Waals surface area contributed by atoms with Gasteiger partial charge in [-0.05, 0) is 80.0 Å². The van der Waals surface area contributed by atoms with Crippen LogP contribution in [-0.2, 0) is 4.79 Å². The molecule has 0 saturated carbocycles. The quantitative estimate of drug-likeness (QED) is 0.430. The van der Waals surface area contributed by atoms with E-state index >= 15 is 0 Å². The van der Waals surface area contributed by atoms with Crippen molar-refractivity contribution in [2.45, 2.75) is 53.6 Å². The molecule has 1 atom stereocenters. The number of aliphatic hydroxyl groups is 1. The topological polar surface area (TPSA) is 49.3 Å². The molecule has 0 bridgehead atoms. The van der Waals surface area contributed by atoms with Crippen LogP contribution in [0.1, 0.15) is 47.5 Å². The molecule has 1 aliphatic rings. The van der Waals surface area contributed by atoms with Gasteiger partial charge < -0.3 is 10.4 Å². The zero-order valence-corrected chi connectivity index (χ0v) is 18.5. The molecular formula is C26H32FNO2. The molecule has 30 heavy (non-hydrogen) atoms. The largest absolute Gasteiger partial charge is 0.389 e. The molecule has 3 nitrogen and oxygen atoms in total. The van der Waals surface area contributed by atoms with Crippen LogP contribution < -0.4 is 5.32 Å². The number of amides is 1.